The second-order valence-electron chi connectivity index (χ2n) is 4.35. The van der Waals surface area contributed by atoms with Crippen molar-refractivity contribution in [1.29, 1.82) is 0 Å². The lowest BCUT2D eigenvalue weighted by Crippen LogP contribution is -2.36. The van der Waals surface area contributed by atoms with Gasteiger partial charge in [-0.1, -0.05) is 0 Å². The summed E-state index contributed by atoms with van der Waals surface area (Å²) < 4.78 is 0. The zero-order chi connectivity index (χ0) is 13.1. The summed E-state index contributed by atoms with van der Waals surface area (Å²) in [6, 6.07) is 1.61. The van der Waals surface area contributed by atoms with Crippen LogP contribution in [0.25, 0.3) is 0 Å². The standard InChI is InChI=1S/C11H17N5O2/c1-8(17)15-4-5-16(7-9(18)6-15)11-13-3-2-10(12)14-11/h2-3,9,18H,4-7H2,1H3,(H2,12,13,14)/t9-/m0/s1. The number of nitrogens with zero attached hydrogens (tertiary/aromatic N) is 4. The van der Waals surface area contributed by atoms with Gasteiger partial charge in [-0.15, -0.1) is 0 Å². The van der Waals surface area contributed by atoms with Crippen molar-refractivity contribution in [2.24, 2.45) is 0 Å². The first-order chi connectivity index (χ1) is 8.56. The Kier molecular flexibility index (Phi) is 3.61. The molecule has 7 nitrogen and oxygen atoms in total. The summed E-state index contributed by atoms with van der Waals surface area (Å²) in [5.41, 5.74) is 5.61. The van der Waals surface area contributed by atoms with Crippen molar-refractivity contribution in [2.45, 2.75) is 13.0 Å². The Morgan fingerprint density at radius 3 is 2.94 bits per heavy atom. The number of hydrogen-bond acceptors (Lipinski definition) is 6. The lowest BCUT2D eigenvalue weighted by Gasteiger charge is -2.21. The van der Waals surface area contributed by atoms with Crippen molar-refractivity contribution < 1.29 is 9.90 Å². The topological polar surface area (TPSA) is 95.6 Å². The molecule has 2 rings (SSSR count). The Bertz CT molecular complexity index is 439. The van der Waals surface area contributed by atoms with Gasteiger partial charge in [-0.25, -0.2) is 4.98 Å². The number of hydrogen-bond donors (Lipinski definition) is 2. The number of aliphatic hydroxyl groups excluding tert-OH is 1. The molecule has 0 unspecified atom stereocenters. The molecule has 18 heavy (non-hydrogen) atoms. The van der Waals surface area contributed by atoms with Gasteiger partial charge in [0.2, 0.25) is 11.9 Å². The van der Waals surface area contributed by atoms with Gasteiger partial charge in [0.15, 0.2) is 0 Å². The average molecular weight is 251 g/mol. The molecule has 1 atom stereocenters. The van der Waals surface area contributed by atoms with Crippen molar-refractivity contribution >= 4 is 17.7 Å². The third-order valence-corrected chi connectivity index (χ3v) is 2.89. The molecule has 1 aliphatic rings. The summed E-state index contributed by atoms with van der Waals surface area (Å²) in [4.78, 5) is 23.0. The van der Waals surface area contributed by atoms with Gasteiger partial charge in [0.25, 0.3) is 0 Å². The molecular weight excluding hydrogens is 234 g/mol. The Hall–Kier alpha value is -1.89. The molecule has 0 radical (unpaired) electrons. The number of aromatic nitrogens is 2. The number of carbonyl (C=O) groups is 1. The first kappa shape index (κ1) is 12.6. The van der Waals surface area contributed by atoms with E-state index < -0.39 is 6.10 Å². The number of amides is 1. The number of anilines is 2. The number of aliphatic hydroxyl groups is 1. The Labute approximate surface area is 105 Å². The van der Waals surface area contributed by atoms with Crippen LogP contribution in [0.2, 0.25) is 0 Å². The van der Waals surface area contributed by atoms with Gasteiger partial charge < -0.3 is 20.6 Å². The molecule has 1 saturated heterocycles. The highest BCUT2D eigenvalue weighted by molar-refractivity contribution is 5.73. The fourth-order valence-electron chi connectivity index (χ4n) is 1.97. The van der Waals surface area contributed by atoms with Crippen LogP contribution in [-0.2, 0) is 4.79 Å². The highest BCUT2D eigenvalue weighted by Gasteiger charge is 2.23. The van der Waals surface area contributed by atoms with Crippen LogP contribution in [0.4, 0.5) is 11.8 Å². The molecule has 0 saturated carbocycles. The van der Waals surface area contributed by atoms with Crippen molar-refractivity contribution in [3.63, 3.8) is 0 Å². The maximum atomic E-state index is 11.3. The summed E-state index contributed by atoms with van der Waals surface area (Å²) >= 11 is 0. The normalized spacial score (nSPS) is 20.7. The van der Waals surface area contributed by atoms with Crippen LogP contribution in [0.5, 0.6) is 0 Å². The molecule has 0 bridgehead atoms. The van der Waals surface area contributed by atoms with E-state index in [1.807, 2.05) is 4.90 Å². The SMILES string of the molecule is CC(=O)N1CCN(c2nccc(N)n2)C[C@@H](O)C1. The first-order valence-corrected chi connectivity index (χ1v) is 5.83. The van der Waals surface area contributed by atoms with Gasteiger partial charge in [0.1, 0.15) is 5.82 Å². The molecule has 3 N–H and O–H groups in total. The summed E-state index contributed by atoms with van der Waals surface area (Å²) in [6.45, 7) is 3.37. The monoisotopic (exact) mass is 251 g/mol. The summed E-state index contributed by atoms with van der Waals surface area (Å²) in [6.07, 6.45) is 0.971. The third-order valence-electron chi connectivity index (χ3n) is 2.89. The molecule has 0 aromatic carbocycles. The lowest BCUT2D eigenvalue weighted by atomic mass is 10.3. The summed E-state index contributed by atoms with van der Waals surface area (Å²) in [5, 5.41) is 9.89. The summed E-state index contributed by atoms with van der Waals surface area (Å²) in [5.74, 6) is 0.839. The fraction of sp³-hybridized carbons (Fsp3) is 0.545. The quantitative estimate of drug-likeness (QED) is 0.671. The highest BCUT2D eigenvalue weighted by Crippen LogP contribution is 2.12. The molecule has 7 heteroatoms. The lowest BCUT2D eigenvalue weighted by molar-refractivity contribution is -0.129. The molecule has 1 amide bonds. The van der Waals surface area contributed by atoms with E-state index in [0.29, 0.717) is 37.9 Å². The number of nitrogens with two attached hydrogens (primary N) is 1. The first-order valence-electron chi connectivity index (χ1n) is 5.83. The van der Waals surface area contributed by atoms with Crippen molar-refractivity contribution in [3.8, 4) is 0 Å². The number of nitrogen functional groups attached to an aromatic ring is 1. The number of rotatable bonds is 1. The number of β-amino-alcohol motifs (C(OH)–C–C–N with tert-alkyl or cyclic N) is 1. The molecule has 1 aromatic heterocycles. The molecule has 1 aromatic rings. The van der Waals surface area contributed by atoms with E-state index in [-0.39, 0.29) is 5.91 Å². The minimum atomic E-state index is -0.610. The molecule has 0 spiro atoms. The molecular formula is C11H17N5O2. The Morgan fingerprint density at radius 1 is 1.50 bits per heavy atom. The van der Waals surface area contributed by atoms with Crippen molar-refractivity contribution in [1.82, 2.24) is 14.9 Å². The predicted molar refractivity (Wildman–Crippen MR) is 66.9 cm³/mol. The number of carbonyl (C=O) groups excluding carboxylic acids is 1. The summed E-state index contributed by atoms with van der Waals surface area (Å²) in [7, 11) is 0. The second-order valence-corrected chi connectivity index (χ2v) is 4.35. The second kappa shape index (κ2) is 5.18. The largest absolute Gasteiger partial charge is 0.389 e. The van der Waals surface area contributed by atoms with Gasteiger partial charge >= 0.3 is 0 Å². The molecule has 1 fully saturated rings. The maximum Gasteiger partial charge on any atom is 0.227 e. The van der Waals surface area contributed by atoms with Crippen LogP contribution in [0, 0.1) is 0 Å². The zero-order valence-corrected chi connectivity index (χ0v) is 10.3. The molecule has 0 aliphatic carbocycles. The van der Waals surface area contributed by atoms with Gasteiger partial charge in [-0.2, -0.15) is 4.98 Å². The van der Waals surface area contributed by atoms with Gasteiger partial charge in [-0.05, 0) is 6.07 Å². The van der Waals surface area contributed by atoms with Crippen LogP contribution in [0.15, 0.2) is 12.3 Å². The van der Waals surface area contributed by atoms with Gasteiger partial charge in [0, 0.05) is 39.3 Å². The highest BCUT2D eigenvalue weighted by atomic mass is 16.3. The van der Waals surface area contributed by atoms with E-state index in [1.165, 1.54) is 6.92 Å². The third kappa shape index (κ3) is 2.86. The van der Waals surface area contributed by atoms with Crippen LogP contribution in [0.1, 0.15) is 6.92 Å². The smallest absolute Gasteiger partial charge is 0.227 e. The van der Waals surface area contributed by atoms with E-state index in [9.17, 15) is 9.90 Å². The van der Waals surface area contributed by atoms with Crippen LogP contribution in [-0.4, -0.2) is 58.2 Å². The van der Waals surface area contributed by atoms with E-state index in [2.05, 4.69) is 9.97 Å². The van der Waals surface area contributed by atoms with Crippen LogP contribution >= 0.6 is 0 Å². The minimum absolute atomic E-state index is 0.0376. The van der Waals surface area contributed by atoms with Crippen LogP contribution in [0.3, 0.4) is 0 Å². The Balaban J connectivity index is 2.13. The van der Waals surface area contributed by atoms with E-state index in [0.717, 1.165) is 0 Å². The Morgan fingerprint density at radius 2 is 2.28 bits per heavy atom. The molecule has 2 heterocycles. The molecule has 1 aliphatic heterocycles. The van der Waals surface area contributed by atoms with Crippen molar-refractivity contribution in [3.05, 3.63) is 12.3 Å². The average Bonchev–Trinajstić information content (AvgIpc) is 2.51. The van der Waals surface area contributed by atoms with Crippen LogP contribution < -0.4 is 10.6 Å². The fourth-order valence-corrected chi connectivity index (χ4v) is 1.97. The van der Waals surface area contributed by atoms with Gasteiger partial charge in [-0.3, -0.25) is 4.79 Å². The maximum absolute atomic E-state index is 11.3. The van der Waals surface area contributed by atoms with E-state index in [4.69, 9.17) is 5.73 Å². The minimum Gasteiger partial charge on any atom is -0.389 e. The van der Waals surface area contributed by atoms with E-state index >= 15 is 0 Å². The molecule has 98 valence electrons. The van der Waals surface area contributed by atoms with Crippen molar-refractivity contribution in [2.75, 3.05) is 36.8 Å². The predicted octanol–water partition coefficient (Wildman–Crippen LogP) is -0.912. The zero-order valence-electron chi connectivity index (χ0n) is 10.3. The van der Waals surface area contributed by atoms with E-state index in [1.54, 1.807) is 17.2 Å². The van der Waals surface area contributed by atoms with Gasteiger partial charge in [0.05, 0.1) is 6.10 Å².